The van der Waals surface area contributed by atoms with Gasteiger partial charge in [0.05, 0.1) is 0 Å². The number of primary amides is 1. The minimum atomic E-state index is -0.691. The van der Waals surface area contributed by atoms with E-state index in [0.717, 1.165) is 24.2 Å². The van der Waals surface area contributed by atoms with Gasteiger partial charge in [0.25, 0.3) is 0 Å². The lowest BCUT2D eigenvalue weighted by Crippen LogP contribution is -2.63. The first kappa shape index (κ1) is 22.7. The SMILES string of the molecule is CC(C)(C)NC(=O)NC1(C)C(CCC(N)=O)c2ccccc2N1CCc1ccccc1. The molecule has 0 fully saturated rings. The molecule has 1 aliphatic heterocycles. The number of anilines is 1. The zero-order valence-corrected chi connectivity index (χ0v) is 18.9. The first-order valence-electron chi connectivity index (χ1n) is 10.9. The highest BCUT2D eigenvalue weighted by molar-refractivity contribution is 5.78. The maximum atomic E-state index is 12.9. The molecule has 0 saturated heterocycles. The van der Waals surface area contributed by atoms with Gasteiger partial charge in [-0.15, -0.1) is 0 Å². The Kier molecular flexibility index (Phi) is 6.58. The van der Waals surface area contributed by atoms with E-state index < -0.39 is 5.66 Å². The summed E-state index contributed by atoms with van der Waals surface area (Å²) in [4.78, 5) is 26.8. The molecule has 3 amide bonds. The van der Waals surface area contributed by atoms with E-state index in [1.165, 1.54) is 5.56 Å². The van der Waals surface area contributed by atoms with Gasteiger partial charge in [-0.05, 0) is 57.7 Å². The highest BCUT2D eigenvalue weighted by Crippen LogP contribution is 2.48. The third-order valence-corrected chi connectivity index (χ3v) is 5.84. The highest BCUT2D eigenvalue weighted by Gasteiger charge is 2.48. The monoisotopic (exact) mass is 422 g/mol. The van der Waals surface area contributed by atoms with Gasteiger partial charge in [0, 0.05) is 30.1 Å². The van der Waals surface area contributed by atoms with E-state index in [9.17, 15) is 9.59 Å². The van der Waals surface area contributed by atoms with Gasteiger partial charge >= 0.3 is 6.03 Å². The van der Waals surface area contributed by atoms with Gasteiger partial charge in [-0.2, -0.15) is 0 Å². The van der Waals surface area contributed by atoms with Crippen molar-refractivity contribution >= 4 is 17.6 Å². The molecule has 4 N–H and O–H groups in total. The maximum Gasteiger partial charge on any atom is 0.317 e. The summed E-state index contributed by atoms with van der Waals surface area (Å²) in [5.41, 5.74) is 7.89. The average Bonchev–Trinajstić information content (AvgIpc) is 2.90. The Morgan fingerprint density at radius 1 is 1.06 bits per heavy atom. The number of nitrogens with zero attached hydrogens (tertiary/aromatic N) is 1. The van der Waals surface area contributed by atoms with Gasteiger partial charge in [0.2, 0.25) is 5.91 Å². The van der Waals surface area contributed by atoms with Crippen LogP contribution >= 0.6 is 0 Å². The van der Waals surface area contributed by atoms with Crippen LogP contribution in [0.1, 0.15) is 57.6 Å². The Hall–Kier alpha value is -3.02. The number of carbonyl (C=O) groups excluding carboxylic acids is 2. The number of rotatable bonds is 7. The van der Waals surface area contributed by atoms with E-state index in [0.29, 0.717) is 6.42 Å². The molecule has 166 valence electrons. The van der Waals surface area contributed by atoms with E-state index >= 15 is 0 Å². The molecule has 0 aliphatic carbocycles. The number of amides is 3. The Labute approximate surface area is 185 Å². The van der Waals surface area contributed by atoms with Crippen LogP contribution in [0.5, 0.6) is 0 Å². The summed E-state index contributed by atoms with van der Waals surface area (Å²) in [6.07, 6.45) is 1.68. The average molecular weight is 423 g/mol. The molecule has 2 aromatic rings. The van der Waals surface area contributed by atoms with Crippen molar-refractivity contribution in [3.63, 3.8) is 0 Å². The second kappa shape index (κ2) is 9.00. The van der Waals surface area contributed by atoms with E-state index in [2.05, 4.69) is 39.8 Å². The summed E-state index contributed by atoms with van der Waals surface area (Å²) in [6, 6.07) is 18.3. The zero-order valence-electron chi connectivity index (χ0n) is 18.9. The molecule has 31 heavy (non-hydrogen) atoms. The molecule has 3 rings (SSSR count). The molecule has 2 unspecified atom stereocenters. The normalized spacial score (nSPS) is 20.3. The van der Waals surface area contributed by atoms with Crippen LogP contribution in [0.4, 0.5) is 10.5 Å². The minimum Gasteiger partial charge on any atom is -0.370 e. The number of nitrogens with one attached hydrogen (secondary N) is 2. The topological polar surface area (TPSA) is 87.5 Å². The van der Waals surface area contributed by atoms with Crippen molar-refractivity contribution in [2.45, 2.75) is 64.1 Å². The van der Waals surface area contributed by atoms with Gasteiger partial charge in [-0.3, -0.25) is 4.79 Å². The maximum absolute atomic E-state index is 12.9. The molecule has 0 aromatic heterocycles. The molecule has 0 bridgehead atoms. The second-order valence-electron chi connectivity index (χ2n) is 9.48. The number of para-hydroxylation sites is 1. The Morgan fingerprint density at radius 3 is 2.35 bits per heavy atom. The standard InChI is InChI=1S/C25H34N4O2/c1-24(2,3)27-23(31)28-25(4)20(14-15-22(26)30)19-12-8-9-13-21(19)29(25)17-16-18-10-6-5-7-11-18/h5-13,20H,14-17H2,1-4H3,(H2,26,30)(H2,27,28,31). The molecule has 1 heterocycles. The zero-order chi connectivity index (χ0) is 22.6. The van der Waals surface area contributed by atoms with E-state index in [4.69, 9.17) is 5.73 Å². The summed E-state index contributed by atoms with van der Waals surface area (Å²) < 4.78 is 0. The largest absolute Gasteiger partial charge is 0.370 e. The van der Waals surface area contributed by atoms with E-state index in [-0.39, 0.29) is 29.8 Å². The van der Waals surface area contributed by atoms with Crippen LogP contribution in [-0.2, 0) is 11.2 Å². The summed E-state index contributed by atoms with van der Waals surface area (Å²) >= 11 is 0. The number of carbonyl (C=O) groups is 2. The Balaban J connectivity index is 1.95. The fourth-order valence-electron chi connectivity index (χ4n) is 4.49. The molecule has 6 heteroatoms. The third kappa shape index (κ3) is 5.37. The van der Waals surface area contributed by atoms with Crippen LogP contribution in [0, 0.1) is 0 Å². The quantitative estimate of drug-likeness (QED) is 0.632. The van der Waals surface area contributed by atoms with Crippen LogP contribution in [0.15, 0.2) is 54.6 Å². The lowest BCUT2D eigenvalue weighted by atomic mass is 9.86. The number of nitrogens with two attached hydrogens (primary N) is 1. The molecule has 0 spiro atoms. The third-order valence-electron chi connectivity index (χ3n) is 5.84. The molecule has 6 nitrogen and oxygen atoms in total. The molecular formula is C25H34N4O2. The van der Waals surface area contributed by atoms with Gasteiger partial charge < -0.3 is 21.3 Å². The first-order chi connectivity index (χ1) is 14.6. The minimum absolute atomic E-state index is 0.0577. The predicted molar refractivity (Wildman–Crippen MR) is 125 cm³/mol. The van der Waals surface area contributed by atoms with Crippen molar-refractivity contribution in [2.75, 3.05) is 11.4 Å². The number of urea groups is 1. The number of hydrogen-bond donors (Lipinski definition) is 3. The van der Waals surface area contributed by atoms with Crippen LogP contribution in [0.25, 0.3) is 0 Å². The van der Waals surface area contributed by atoms with Gasteiger partial charge in [0.1, 0.15) is 5.66 Å². The molecule has 0 saturated carbocycles. The number of fused-ring (bicyclic) bond motifs is 1. The van der Waals surface area contributed by atoms with Crippen LogP contribution in [0.3, 0.4) is 0 Å². The fourth-order valence-corrected chi connectivity index (χ4v) is 4.49. The Bertz CT molecular complexity index is 923. The molecule has 1 aliphatic rings. The smallest absolute Gasteiger partial charge is 0.317 e. The lowest BCUT2D eigenvalue weighted by molar-refractivity contribution is -0.118. The number of hydrogen-bond acceptors (Lipinski definition) is 3. The van der Waals surface area contributed by atoms with Crippen molar-refractivity contribution in [2.24, 2.45) is 5.73 Å². The van der Waals surface area contributed by atoms with Gasteiger partial charge in [0.15, 0.2) is 0 Å². The highest BCUT2D eigenvalue weighted by atomic mass is 16.2. The summed E-state index contributed by atoms with van der Waals surface area (Å²) in [5, 5.41) is 6.25. The predicted octanol–water partition coefficient (Wildman–Crippen LogP) is 3.91. The van der Waals surface area contributed by atoms with Crippen molar-refractivity contribution in [3.8, 4) is 0 Å². The number of benzene rings is 2. The summed E-state index contributed by atoms with van der Waals surface area (Å²) in [6.45, 7) is 8.65. The summed E-state index contributed by atoms with van der Waals surface area (Å²) in [5.74, 6) is -0.389. The van der Waals surface area contributed by atoms with Crippen molar-refractivity contribution in [3.05, 3.63) is 65.7 Å². The fraction of sp³-hybridized carbons (Fsp3) is 0.440. The van der Waals surface area contributed by atoms with Gasteiger partial charge in [-0.25, -0.2) is 4.79 Å². The van der Waals surface area contributed by atoms with Crippen LogP contribution < -0.4 is 21.3 Å². The van der Waals surface area contributed by atoms with Crippen LogP contribution in [0.2, 0.25) is 0 Å². The van der Waals surface area contributed by atoms with E-state index in [1.54, 1.807) is 0 Å². The summed E-state index contributed by atoms with van der Waals surface area (Å²) in [7, 11) is 0. The van der Waals surface area contributed by atoms with Crippen molar-refractivity contribution in [1.82, 2.24) is 10.6 Å². The van der Waals surface area contributed by atoms with Crippen LogP contribution in [-0.4, -0.2) is 29.7 Å². The first-order valence-corrected chi connectivity index (χ1v) is 10.9. The van der Waals surface area contributed by atoms with Crippen molar-refractivity contribution < 1.29 is 9.59 Å². The van der Waals surface area contributed by atoms with Crippen molar-refractivity contribution in [1.29, 1.82) is 0 Å². The molecule has 2 atom stereocenters. The second-order valence-corrected chi connectivity index (χ2v) is 9.48. The lowest BCUT2D eigenvalue weighted by Gasteiger charge is -2.42. The van der Waals surface area contributed by atoms with Gasteiger partial charge in [-0.1, -0.05) is 48.5 Å². The molecular weight excluding hydrogens is 388 g/mol. The van der Waals surface area contributed by atoms with E-state index in [1.807, 2.05) is 58.0 Å². The molecule has 2 aromatic carbocycles. The molecule has 0 radical (unpaired) electrons. The Morgan fingerprint density at radius 2 is 1.71 bits per heavy atom.